The lowest BCUT2D eigenvalue weighted by Crippen LogP contribution is -2.49. The first-order valence-corrected chi connectivity index (χ1v) is 8.79. The molecule has 0 aromatic heterocycles. The lowest BCUT2D eigenvalue weighted by Gasteiger charge is -2.43. The summed E-state index contributed by atoms with van der Waals surface area (Å²) in [6.07, 6.45) is 6.22. The van der Waals surface area contributed by atoms with Crippen LogP contribution in [0, 0.1) is 17.3 Å². The van der Waals surface area contributed by atoms with Gasteiger partial charge in [0.05, 0.1) is 7.11 Å². The third-order valence-electron chi connectivity index (χ3n) is 5.65. The number of ether oxygens (including phenoxy) is 1. The fraction of sp³-hybridized carbons (Fsp3) is 0.579. The number of Topliss-reactive ketones (excluding diaryl/α,β-unsaturated/α-hetero) is 1. The van der Waals surface area contributed by atoms with E-state index < -0.39 is 5.41 Å². The van der Waals surface area contributed by atoms with E-state index in [-0.39, 0.29) is 11.8 Å². The molecule has 0 amide bonds. The van der Waals surface area contributed by atoms with Gasteiger partial charge in [0.2, 0.25) is 0 Å². The molecule has 2 fully saturated rings. The Morgan fingerprint density at radius 2 is 1.87 bits per heavy atom. The molecular weight excluding hydrogens is 312 g/mol. The van der Waals surface area contributed by atoms with Crippen LogP contribution in [0.3, 0.4) is 0 Å². The second-order valence-corrected chi connectivity index (χ2v) is 7.45. The Balaban J connectivity index is 1.91. The Labute approximate surface area is 142 Å². The third-order valence-corrected chi connectivity index (χ3v) is 5.91. The van der Waals surface area contributed by atoms with E-state index in [1.807, 2.05) is 12.1 Å². The van der Waals surface area contributed by atoms with Crippen molar-refractivity contribution >= 4 is 23.4 Å². The van der Waals surface area contributed by atoms with Gasteiger partial charge in [-0.05, 0) is 48.8 Å². The molecule has 0 heterocycles. The zero-order chi connectivity index (χ0) is 16.4. The fourth-order valence-electron chi connectivity index (χ4n) is 4.40. The molecule has 0 aliphatic heterocycles. The molecule has 1 aromatic carbocycles. The van der Waals surface area contributed by atoms with Crippen molar-refractivity contribution in [1.29, 1.82) is 0 Å². The summed E-state index contributed by atoms with van der Waals surface area (Å²) in [5.41, 5.74) is -0.0522. The zero-order valence-corrected chi connectivity index (χ0v) is 14.3. The zero-order valence-electron chi connectivity index (χ0n) is 13.5. The first-order chi connectivity index (χ1) is 11.0. The summed E-state index contributed by atoms with van der Waals surface area (Å²) >= 11 is 5.94. The largest absolute Gasteiger partial charge is 0.468 e. The number of fused-ring (bicyclic) bond motifs is 1. The van der Waals surface area contributed by atoms with Crippen molar-refractivity contribution in [3.63, 3.8) is 0 Å². The standard InChI is InChI=1S/C19H23ClO3/c1-23-18(22)19(11-13-6-8-16(20)9-7-13)12-15-5-3-2-4-14(15)10-17(19)21/h6-9,14-15H,2-5,10-12H2,1H3. The number of methoxy groups -OCH3 is 1. The van der Waals surface area contributed by atoms with Crippen molar-refractivity contribution in [3.05, 3.63) is 34.9 Å². The fourth-order valence-corrected chi connectivity index (χ4v) is 4.53. The third kappa shape index (κ3) is 3.16. The van der Waals surface area contributed by atoms with Gasteiger partial charge >= 0.3 is 5.97 Å². The number of halogens is 1. The van der Waals surface area contributed by atoms with Crippen molar-refractivity contribution in [2.75, 3.05) is 7.11 Å². The van der Waals surface area contributed by atoms with Gasteiger partial charge in [-0.1, -0.05) is 43.0 Å². The Morgan fingerprint density at radius 1 is 1.22 bits per heavy atom. The van der Waals surface area contributed by atoms with Gasteiger partial charge in [0.15, 0.2) is 5.78 Å². The average molecular weight is 335 g/mol. The van der Waals surface area contributed by atoms with Gasteiger partial charge in [-0.3, -0.25) is 9.59 Å². The summed E-state index contributed by atoms with van der Waals surface area (Å²) in [5.74, 6) is 0.607. The molecule has 3 unspecified atom stereocenters. The lowest BCUT2D eigenvalue weighted by molar-refractivity contribution is -0.163. The lowest BCUT2D eigenvalue weighted by atomic mass is 9.59. The van der Waals surface area contributed by atoms with Crippen molar-refractivity contribution in [1.82, 2.24) is 0 Å². The summed E-state index contributed by atoms with van der Waals surface area (Å²) in [4.78, 5) is 25.5. The second kappa shape index (κ2) is 6.64. The molecule has 3 atom stereocenters. The van der Waals surface area contributed by atoms with Crippen LogP contribution in [0.5, 0.6) is 0 Å². The van der Waals surface area contributed by atoms with Crippen LogP contribution >= 0.6 is 11.6 Å². The molecule has 2 saturated carbocycles. The number of rotatable bonds is 3. The van der Waals surface area contributed by atoms with E-state index >= 15 is 0 Å². The maximum atomic E-state index is 12.9. The minimum absolute atomic E-state index is 0.0578. The summed E-state index contributed by atoms with van der Waals surface area (Å²) in [6.45, 7) is 0. The topological polar surface area (TPSA) is 43.4 Å². The van der Waals surface area contributed by atoms with Crippen molar-refractivity contribution < 1.29 is 14.3 Å². The Bertz CT molecular complexity index is 595. The van der Waals surface area contributed by atoms with Crippen LogP contribution in [-0.4, -0.2) is 18.9 Å². The van der Waals surface area contributed by atoms with Crippen LogP contribution in [0.1, 0.15) is 44.1 Å². The van der Waals surface area contributed by atoms with Crippen LogP contribution in [0.15, 0.2) is 24.3 Å². The minimum atomic E-state index is -1.01. The maximum absolute atomic E-state index is 12.9. The maximum Gasteiger partial charge on any atom is 0.319 e. The van der Waals surface area contributed by atoms with E-state index in [1.165, 1.54) is 20.0 Å². The number of carbonyl (C=O) groups is 2. The molecule has 3 nitrogen and oxygen atoms in total. The number of esters is 1. The Morgan fingerprint density at radius 3 is 2.52 bits per heavy atom. The number of ketones is 1. The van der Waals surface area contributed by atoms with Gasteiger partial charge < -0.3 is 4.74 Å². The monoisotopic (exact) mass is 334 g/mol. The Kier molecular flexibility index (Phi) is 4.77. The highest BCUT2D eigenvalue weighted by Crippen LogP contribution is 2.48. The molecule has 0 bridgehead atoms. The van der Waals surface area contributed by atoms with E-state index in [0.717, 1.165) is 18.4 Å². The molecule has 0 N–H and O–H groups in total. The molecule has 0 saturated heterocycles. The molecule has 4 heteroatoms. The number of benzene rings is 1. The molecule has 0 spiro atoms. The number of hydrogen-bond donors (Lipinski definition) is 0. The van der Waals surface area contributed by atoms with Gasteiger partial charge in [0, 0.05) is 11.4 Å². The smallest absolute Gasteiger partial charge is 0.319 e. The predicted octanol–water partition coefficient (Wildman–Crippen LogP) is 4.21. The normalized spacial score (nSPS) is 30.6. The molecule has 0 radical (unpaired) electrons. The molecule has 3 rings (SSSR count). The average Bonchev–Trinajstić information content (AvgIpc) is 2.56. The van der Waals surface area contributed by atoms with Gasteiger partial charge in [0.25, 0.3) is 0 Å². The molecule has 2 aliphatic carbocycles. The summed E-state index contributed by atoms with van der Waals surface area (Å²) in [6, 6.07) is 7.40. The predicted molar refractivity (Wildman–Crippen MR) is 89.3 cm³/mol. The molecule has 1 aromatic rings. The van der Waals surface area contributed by atoms with E-state index in [9.17, 15) is 9.59 Å². The number of hydrogen-bond acceptors (Lipinski definition) is 3. The van der Waals surface area contributed by atoms with Crippen LogP contribution in [-0.2, 0) is 20.7 Å². The summed E-state index contributed by atoms with van der Waals surface area (Å²) < 4.78 is 5.05. The number of carbonyl (C=O) groups excluding carboxylic acids is 2. The van der Waals surface area contributed by atoms with Crippen LogP contribution in [0.25, 0.3) is 0 Å². The van der Waals surface area contributed by atoms with Crippen molar-refractivity contribution in [2.24, 2.45) is 17.3 Å². The second-order valence-electron chi connectivity index (χ2n) is 7.01. The van der Waals surface area contributed by atoms with Gasteiger partial charge in [-0.15, -0.1) is 0 Å². The molecule has 2 aliphatic rings. The first kappa shape index (κ1) is 16.5. The minimum Gasteiger partial charge on any atom is -0.468 e. The van der Waals surface area contributed by atoms with E-state index in [4.69, 9.17) is 16.3 Å². The Hall–Kier alpha value is -1.35. The van der Waals surface area contributed by atoms with Gasteiger partial charge in [-0.2, -0.15) is 0 Å². The SMILES string of the molecule is COC(=O)C1(Cc2ccc(Cl)cc2)CC2CCCCC2CC1=O. The quantitative estimate of drug-likeness (QED) is 0.614. The van der Waals surface area contributed by atoms with Gasteiger partial charge in [-0.25, -0.2) is 0 Å². The molecule has 124 valence electrons. The van der Waals surface area contributed by atoms with E-state index in [0.29, 0.717) is 36.1 Å². The van der Waals surface area contributed by atoms with Crippen molar-refractivity contribution in [3.8, 4) is 0 Å². The van der Waals surface area contributed by atoms with Crippen LogP contribution in [0.2, 0.25) is 5.02 Å². The van der Waals surface area contributed by atoms with Crippen molar-refractivity contribution in [2.45, 2.75) is 44.9 Å². The highest BCUT2D eigenvalue weighted by Gasteiger charge is 2.53. The molecular formula is C19H23ClO3. The molecule has 23 heavy (non-hydrogen) atoms. The van der Waals surface area contributed by atoms with E-state index in [2.05, 4.69) is 0 Å². The van der Waals surface area contributed by atoms with Gasteiger partial charge in [0.1, 0.15) is 5.41 Å². The van der Waals surface area contributed by atoms with Crippen LogP contribution < -0.4 is 0 Å². The highest BCUT2D eigenvalue weighted by molar-refractivity contribution is 6.30. The summed E-state index contributed by atoms with van der Waals surface area (Å²) in [5, 5.41) is 0.656. The van der Waals surface area contributed by atoms with Crippen LogP contribution in [0.4, 0.5) is 0 Å². The first-order valence-electron chi connectivity index (χ1n) is 8.41. The van der Waals surface area contributed by atoms with E-state index in [1.54, 1.807) is 12.1 Å². The summed E-state index contributed by atoms with van der Waals surface area (Å²) in [7, 11) is 1.38. The highest BCUT2D eigenvalue weighted by atomic mass is 35.5.